The largest absolute Gasteiger partial charge is 0.383 e. The van der Waals surface area contributed by atoms with E-state index >= 15 is 0 Å². The first-order valence-electron chi connectivity index (χ1n) is 4.61. The van der Waals surface area contributed by atoms with Crippen molar-refractivity contribution >= 4 is 6.21 Å². The third kappa shape index (κ3) is 7.32. The highest BCUT2D eigenvalue weighted by molar-refractivity contribution is 5.74. The minimum absolute atomic E-state index is 1.07. The van der Waals surface area contributed by atoms with Gasteiger partial charge < -0.3 is 4.90 Å². The van der Waals surface area contributed by atoms with E-state index < -0.39 is 0 Å². The summed E-state index contributed by atoms with van der Waals surface area (Å²) in [6.45, 7) is 2.16. The van der Waals surface area contributed by atoms with Gasteiger partial charge in [-0.25, -0.2) is 4.58 Å². The smallest absolute Gasteiger partial charge is 0.166 e. The van der Waals surface area contributed by atoms with Gasteiger partial charge in [-0.15, -0.1) is 0 Å². The fourth-order valence-electron chi connectivity index (χ4n) is 0.923. The summed E-state index contributed by atoms with van der Waals surface area (Å²) >= 11 is 0. The van der Waals surface area contributed by atoms with Gasteiger partial charge in [0, 0.05) is 19.7 Å². The molecule has 0 fully saturated rings. The predicted molar refractivity (Wildman–Crippen MR) is 59.4 cm³/mol. The van der Waals surface area contributed by atoms with Crippen LogP contribution in [0.3, 0.4) is 0 Å². The van der Waals surface area contributed by atoms with E-state index in [9.17, 15) is 0 Å². The monoisotopic (exact) mass is 181 g/mol. The van der Waals surface area contributed by atoms with Gasteiger partial charge in [-0.1, -0.05) is 13.0 Å². The Morgan fingerprint density at radius 1 is 1.31 bits per heavy atom. The maximum absolute atomic E-state index is 2.16. The first-order valence-corrected chi connectivity index (χ1v) is 4.61. The number of hydrogen-bond acceptors (Lipinski definition) is 1. The Kier molecular flexibility index (Phi) is 5.94. The highest BCUT2D eigenvalue weighted by Gasteiger charge is 1.91. The number of nitrogens with zero attached hydrogens (tertiary/aromatic N) is 2. The van der Waals surface area contributed by atoms with Crippen LogP contribution in [0, 0.1) is 0 Å². The van der Waals surface area contributed by atoms with E-state index in [-0.39, 0.29) is 0 Å². The maximum Gasteiger partial charge on any atom is 0.166 e. The summed E-state index contributed by atoms with van der Waals surface area (Å²) in [5, 5.41) is 0. The van der Waals surface area contributed by atoms with Crippen molar-refractivity contribution in [1.29, 1.82) is 0 Å². The second kappa shape index (κ2) is 6.46. The molecule has 0 rings (SSSR count). The highest BCUT2D eigenvalue weighted by atomic mass is 15.0. The molecule has 0 bridgehead atoms. The zero-order chi connectivity index (χ0) is 10.3. The van der Waals surface area contributed by atoms with Crippen molar-refractivity contribution in [3.63, 3.8) is 0 Å². The van der Waals surface area contributed by atoms with Gasteiger partial charge in [0.05, 0.1) is 0 Å². The average Bonchev–Trinajstić information content (AvgIpc) is 2.01. The van der Waals surface area contributed by atoms with Gasteiger partial charge in [-0.05, 0) is 18.7 Å². The van der Waals surface area contributed by atoms with Crippen LogP contribution in [0.2, 0.25) is 0 Å². The Morgan fingerprint density at radius 3 is 2.31 bits per heavy atom. The summed E-state index contributed by atoms with van der Waals surface area (Å²) < 4.78 is 2.07. The molecule has 0 saturated carbocycles. The van der Waals surface area contributed by atoms with Crippen molar-refractivity contribution in [1.82, 2.24) is 4.90 Å². The van der Waals surface area contributed by atoms with Gasteiger partial charge in [0.2, 0.25) is 0 Å². The normalized spacial score (nSPS) is 11.9. The molecule has 0 aromatic heterocycles. The Morgan fingerprint density at radius 2 is 1.92 bits per heavy atom. The van der Waals surface area contributed by atoms with Crippen molar-refractivity contribution < 1.29 is 4.58 Å². The molecule has 0 unspecified atom stereocenters. The van der Waals surface area contributed by atoms with Crippen molar-refractivity contribution in [2.75, 3.05) is 28.2 Å². The maximum atomic E-state index is 2.16. The summed E-state index contributed by atoms with van der Waals surface area (Å²) in [6, 6.07) is 0. The minimum atomic E-state index is 1.07. The Labute approximate surface area is 81.9 Å². The van der Waals surface area contributed by atoms with Gasteiger partial charge in [-0.3, -0.25) is 0 Å². The van der Waals surface area contributed by atoms with Crippen LogP contribution in [0.5, 0.6) is 0 Å². The molecule has 0 saturated heterocycles. The highest BCUT2D eigenvalue weighted by Crippen LogP contribution is 1.96. The van der Waals surface area contributed by atoms with Crippen molar-refractivity contribution in [3.05, 3.63) is 23.9 Å². The lowest BCUT2D eigenvalue weighted by Gasteiger charge is -2.01. The van der Waals surface area contributed by atoms with Crippen LogP contribution in [-0.4, -0.2) is 43.9 Å². The van der Waals surface area contributed by atoms with Crippen molar-refractivity contribution in [3.8, 4) is 0 Å². The number of allylic oxidation sites excluding steroid dienone is 3. The van der Waals surface area contributed by atoms with E-state index in [1.807, 2.05) is 39.3 Å². The second-order valence-electron chi connectivity index (χ2n) is 3.49. The van der Waals surface area contributed by atoms with Crippen LogP contribution in [0.25, 0.3) is 0 Å². The Bertz CT molecular complexity index is 218. The zero-order valence-corrected chi connectivity index (χ0v) is 9.41. The first-order chi connectivity index (χ1) is 6.06. The lowest BCUT2D eigenvalue weighted by Crippen LogP contribution is -2.01. The molecule has 2 heteroatoms. The van der Waals surface area contributed by atoms with E-state index in [0.29, 0.717) is 0 Å². The van der Waals surface area contributed by atoms with Crippen LogP contribution in [0.15, 0.2) is 23.9 Å². The molecule has 0 spiro atoms. The van der Waals surface area contributed by atoms with E-state index in [1.165, 1.54) is 5.57 Å². The van der Waals surface area contributed by atoms with Crippen LogP contribution in [0.4, 0.5) is 0 Å². The molecule has 13 heavy (non-hydrogen) atoms. The fourth-order valence-corrected chi connectivity index (χ4v) is 0.923. The van der Waals surface area contributed by atoms with Gasteiger partial charge >= 0.3 is 0 Å². The summed E-state index contributed by atoms with van der Waals surface area (Å²) in [5.74, 6) is 0. The van der Waals surface area contributed by atoms with Crippen molar-refractivity contribution in [2.45, 2.75) is 13.3 Å². The molecule has 0 aromatic rings. The van der Waals surface area contributed by atoms with Crippen molar-refractivity contribution in [2.24, 2.45) is 0 Å². The molecule has 0 aromatic carbocycles. The SMILES string of the molecule is CC/C(C=[N+](C)C)=C\C=C\N(C)C. The van der Waals surface area contributed by atoms with E-state index in [1.54, 1.807) is 0 Å². The molecule has 0 aliphatic rings. The Balaban J connectivity index is 4.32. The second-order valence-corrected chi connectivity index (χ2v) is 3.49. The lowest BCUT2D eigenvalue weighted by molar-refractivity contribution is -0.459. The molecule has 74 valence electrons. The van der Waals surface area contributed by atoms with Gasteiger partial charge in [0.1, 0.15) is 14.1 Å². The van der Waals surface area contributed by atoms with Crippen LogP contribution in [-0.2, 0) is 0 Å². The fraction of sp³-hybridized carbons (Fsp3) is 0.545. The first kappa shape index (κ1) is 11.9. The number of rotatable bonds is 4. The van der Waals surface area contributed by atoms with E-state index in [2.05, 4.69) is 29.9 Å². The quantitative estimate of drug-likeness (QED) is 0.364. The number of hydrogen-bond donors (Lipinski definition) is 0. The van der Waals surface area contributed by atoms with Gasteiger partial charge in [0.15, 0.2) is 6.21 Å². The topological polar surface area (TPSA) is 6.25 Å². The van der Waals surface area contributed by atoms with Gasteiger partial charge in [-0.2, -0.15) is 0 Å². The standard InChI is InChI=1S/C11H21N2/c1-6-11(10-13(4)5)8-7-9-12(2)3/h7-10H,6H2,1-5H3/q+1. The molecular weight excluding hydrogens is 160 g/mol. The summed E-state index contributed by atoms with van der Waals surface area (Å²) in [6.07, 6.45) is 9.45. The summed E-state index contributed by atoms with van der Waals surface area (Å²) in [5.41, 5.74) is 1.34. The average molecular weight is 181 g/mol. The molecule has 0 aliphatic heterocycles. The summed E-state index contributed by atoms with van der Waals surface area (Å²) in [4.78, 5) is 2.03. The summed E-state index contributed by atoms with van der Waals surface area (Å²) in [7, 11) is 8.12. The molecule has 0 aliphatic carbocycles. The molecule has 0 amide bonds. The van der Waals surface area contributed by atoms with E-state index in [4.69, 9.17) is 0 Å². The molecule has 0 heterocycles. The van der Waals surface area contributed by atoms with Crippen LogP contribution in [0.1, 0.15) is 13.3 Å². The minimum Gasteiger partial charge on any atom is -0.383 e. The molecule has 0 N–H and O–H groups in total. The molecule has 0 atom stereocenters. The van der Waals surface area contributed by atoms with Crippen LogP contribution < -0.4 is 0 Å². The lowest BCUT2D eigenvalue weighted by atomic mass is 10.2. The molecule has 0 radical (unpaired) electrons. The third-order valence-electron chi connectivity index (χ3n) is 1.53. The zero-order valence-electron chi connectivity index (χ0n) is 9.41. The van der Waals surface area contributed by atoms with Crippen LogP contribution >= 0.6 is 0 Å². The van der Waals surface area contributed by atoms with Gasteiger partial charge in [0.25, 0.3) is 0 Å². The Hall–Kier alpha value is -1.05. The molecule has 2 nitrogen and oxygen atoms in total. The van der Waals surface area contributed by atoms with E-state index in [0.717, 1.165) is 6.42 Å². The third-order valence-corrected chi connectivity index (χ3v) is 1.53. The predicted octanol–water partition coefficient (Wildman–Crippen LogP) is 1.74. The molecular formula is C11H21N2+.